The molecule has 0 aliphatic rings. The molecule has 0 aliphatic heterocycles. The van der Waals surface area contributed by atoms with E-state index in [0.29, 0.717) is 33.3 Å². The third-order valence-electron chi connectivity index (χ3n) is 3.01. The quantitative estimate of drug-likeness (QED) is 0.839. The number of anilines is 1. The van der Waals surface area contributed by atoms with E-state index >= 15 is 0 Å². The van der Waals surface area contributed by atoms with Crippen molar-refractivity contribution < 1.29 is 0 Å². The van der Waals surface area contributed by atoms with Gasteiger partial charge in [0.15, 0.2) is 0 Å². The molecule has 21 heavy (non-hydrogen) atoms. The van der Waals surface area contributed by atoms with Gasteiger partial charge in [-0.2, -0.15) is 5.10 Å². The molecule has 112 valence electrons. The van der Waals surface area contributed by atoms with Gasteiger partial charge in [-0.05, 0) is 47.0 Å². The largest absolute Gasteiger partial charge is 0.382 e. The van der Waals surface area contributed by atoms with Gasteiger partial charge in [0, 0.05) is 23.1 Å². The first kappa shape index (κ1) is 16.3. The summed E-state index contributed by atoms with van der Waals surface area (Å²) in [5.74, 6) is 0. The Balaban J connectivity index is 2.04. The Morgan fingerprint density at radius 3 is 2.81 bits per heavy atom. The van der Waals surface area contributed by atoms with Crippen molar-refractivity contribution in [3.8, 4) is 0 Å². The second-order valence-corrected chi connectivity index (χ2v) is 6.04. The minimum atomic E-state index is -0.146. The van der Waals surface area contributed by atoms with E-state index in [0.717, 1.165) is 12.0 Å². The SMILES string of the molecule is CCn1ncc(NCCc2ccc(Cl)cc2Cl)c(Br)c1=O. The summed E-state index contributed by atoms with van der Waals surface area (Å²) in [6.07, 6.45) is 2.36. The van der Waals surface area contributed by atoms with Gasteiger partial charge in [-0.15, -0.1) is 0 Å². The second kappa shape index (κ2) is 7.29. The summed E-state index contributed by atoms with van der Waals surface area (Å²) < 4.78 is 1.88. The number of halogens is 3. The van der Waals surface area contributed by atoms with Crippen molar-refractivity contribution in [2.24, 2.45) is 0 Å². The van der Waals surface area contributed by atoms with E-state index in [-0.39, 0.29) is 5.56 Å². The summed E-state index contributed by atoms with van der Waals surface area (Å²) >= 11 is 15.3. The molecule has 2 rings (SSSR count). The van der Waals surface area contributed by atoms with Gasteiger partial charge < -0.3 is 5.32 Å². The molecule has 1 N–H and O–H groups in total. The minimum Gasteiger partial charge on any atom is -0.382 e. The predicted molar refractivity (Wildman–Crippen MR) is 90.5 cm³/mol. The van der Waals surface area contributed by atoms with Crippen molar-refractivity contribution in [2.45, 2.75) is 19.9 Å². The summed E-state index contributed by atoms with van der Waals surface area (Å²) in [6.45, 7) is 3.05. The van der Waals surface area contributed by atoms with Crippen molar-refractivity contribution in [1.82, 2.24) is 9.78 Å². The molecule has 0 atom stereocenters. The molecule has 0 amide bonds. The van der Waals surface area contributed by atoms with Crippen LogP contribution < -0.4 is 10.9 Å². The molecule has 2 aromatic rings. The van der Waals surface area contributed by atoms with E-state index < -0.39 is 0 Å². The monoisotopic (exact) mass is 389 g/mol. The zero-order valence-electron chi connectivity index (χ0n) is 11.4. The Morgan fingerprint density at radius 2 is 2.14 bits per heavy atom. The third kappa shape index (κ3) is 3.99. The Kier molecular flexibility index (Phi) is 5.67. The van der Waals surface area contributed by atoms with E-state index in [1.165, 1.54) is 4.68 Å². The number of aromatic nitrogens is 2. The van der Waals surface area contributed by atoms with E-state index in [4.69, 9.17) is 23.2 Å². The number of rotatable bonds is 5. The molecular weight excluding hydrogens is 377 g/mol. The van der Waals surface area contributed by atoms with E-state index in [1.54, 1.807) is 12.3 Å². The number of aryl methyl sites for hydroxylation is 1. The fourth-order valence-corrected chi connectivity index (χ4v) is 2.82. The van der Waals surface area contributed by atoms with Crippen LogP contribution in [-0.2, 0) is 13.0 Å². The molecule has 1 heterocycles. The molecule has 0 aliphatic carbocycles. The molecular formula is C14H14BrCl2N3O. The Bertz CT molecular complexity index is 703. The van der Waals surface area contributed by atoms with Gasteiger partial charge in [-0.1, -0.05) is 29.3 Å². The van der Waals surface area contributed by atoms with Crippen molar-refractivity contribution in [3.63, 3.8) is 0 Å². The van der Waals surface area contributed by atoms with Crippen LogP contribution in [0.2, 0.25) is 10.0 Å². The van der Waals surface area contributed by atoms with Crippen LogP contribution in [-0.4, -0.2) is 16.3 Å². The maximum atomic E-state index is 11.9. The van der Waals surface area contributed by atoms with Crippen molar-refractivity contribution in [3.05, 3.63) is 54.8 Å². The highest BCUT2D eigenvalue weighted by molar-refractivity contribution is 9.10. The molecule has 0 saturated heterocycles. The average Bonchev–Trinajstić information content (AvgIpc) is 2.46. The number of nitrogens with one attached hydrogen (secondary N) is 1. The highest BCUT2D eigenvalue weighted by Crippen LogP contribution is 2.22. The van der Waals surface area contributed by atoms with E-state index in [1.807, 2.05) is 19.1 Å². The zero-order chi connectivity index (χ0) is 15.4. The summed E-state index contributed by atoms with van der Waals surface area (Å²) in [5.41, 5.74) is 1.53. The van der Waals surface area contributed by atoms with Gasteiger partial charge >= 0.3 is 0 Å². The fraction of sp³-hybridized carbons (Fsp3) is 0.286. The molecule has 1 aromatic heterocycles. The highest BCUT2D eigenvalue weighted by atomic mass is 79.9. The number of hydrogen-bond acceptors (Lipinski definition) is 3. The lowest BCUT2D eigenvalue weighted by molar-refractivity contribution is 0.613. The number of hydrogen-bond donors (Lipinski definition) is 1. The van der Waals surface area contributed by atoms with Gasteiger partial charge in [0.05, 0.1) is 11.9 Å². The van der Waals surface area contributed by atoms with Gasteiger partial charge in [-0.3, -0.25) is 4.79 Å². The Morgan fingerprint density at radius 1 is 1.38 bits per heavy atom. The summed E-state index contributed by atoms with van der Waals surface area (Å²) in [5, 5.41) is 8.52. The first-order chi connectivity index (χ1) is 10.0. The predicted octanol–water partition coefficient (Wildman–Crippen LogP) is 3.99. The van der Waals surface area contributed by atoms with Crippen molar-refractivity contribution in [1.29, 1.82) is 0 Å². The normalized spacial score (nSPS) is 10.7. The molecule has 4 nitrogen and oxygen atoms in total. The van der Waals surface area contributed by atoms with Crippen LogP contribution >= 0.6 is 39.1 Å². The number of nitrogens with zero attached hydrogens (tertiary/aromatic N) is 2. The minimum absolute atomic E-state index is 0.146. The average molecular weight is 391 g/mol. The van der Waals surface area contributed by atoms with Crippen LogP contribution in [0, 0.1) is 0 Å². The van der Waals surface area contributed by atoms with Crippen molar-refractivity contribution in [2.75, 3.05) is 11.9 Å². The lowest BCUT2D eigenvalue weighted by Crippen LogP contribution is -2.24. The lowest BCUT2D eigenvalue weighted by Gasteiger charge is -2.10. The Labute approximate surface area is 141 Å². The Hall–Kier alpha value is -1.04. The smallest absolute Gasteiger partial charge is 0.283 e. The first-order valence-corrected chi connectivity index (χ1v) is 8.01. The lowest BCUT2D eigenvalue weighted by atomic mass is 10.1. The van der Waals surface area contributed by atoms with Crippen molar-refractivity contribution >= 4 is 44.8 Å². The molecule has 7 heteroatoms. The summed E-state index contributed by atoms with van der Waals surface area (Å²) in [4.78, 5) is 11.9. The van der Waals surface area contributed by atoms with Gasteiger partial charge in [0.2, 0.25) is 0 Å². The topological polar surface area (TPSA) is 46.9 Å². The van der Waals surface area contributed by atoms with Crippen LogP contribution in [0.1, 0.15) is 12.5 Å². The second-order valence-electron chi connectivity index (χ2n) is 4.41. The molecule has 0 bridgehead atoms. The first-order valence-electron chi connectivity index (χ1n) is 6.46. The number of benzene rings is 1. The van der Waals surface area contributed by atoms with Crippen LogP contribution in [0.3, 0.4) is 0 Å². The highest BCUT2D eigenvalue weighted by Gasteiger charge is 2.08. The molecule has 0 fully saturated rings. The van der Waals surface area contributed by atoms with E-state index in [2.05, 4.69) is 26.3 Å². The van der Waals surface area contributed by atoms with Gasteiger partial charge in [-0.25, -0.2) is 4.68 Å². The van der Waals surface area contributed by atoms with Crippen LogP contribution in [0.5, 0.6) is 0 Å². The van der Waals surface area contributed by atoms with E-state index in [9.17, 15) is 4.79 Å². The molecule has 0 unspecified atom stereocenters. The standard InChI is InChI=1S/C14H14BrCl2N3O/c1-2-20-14(21)13(15)12(8-19-20)18-6-5-9-3-4-10(16)7-11(9)17/h3-4,7-8,18H,2,5-6H2,1H3. The zero-order valence-corrected chi connectivity index (χ0v) is 14.5. The molecule has 0 saturated carbocycles. The fourth-order valence-electron chi connectivity index (χ4n) is 1.87. The van der Waals surface area contributed by atoms with Crippen LogP contribution in [0.4, 0.5) is 5.69 Å². The van der Waals surface area contributed by atoms with Gasteiger partial charge in [0.25, 0.3) is 5.56 Å². The molecule has 0 spiro atoms. The maximum Gasteiger partial charge on any atom is 0.283 e. The van der Waals surface area contributed by atoms with Crippen LogP contribution in [0.15, 0.2) is 33.7 Å². The third-order valence-corrected chi connectivity index (χ3v) is 4.36. The molecule has 0 radical (unpaired) electrons. The maximum absolute atomic E-state index is 11.9. The van der Waals surface area contributed by atoms with Gasteiger partial charge in [0.1, 0.15) is 4.47 Å². The molecule has 1 aromatic carbocycles. The summed E-state index contributed by atoms with van der Waals surface area (Å²) in [7, 11) is 0. The van der Waals surface area contributed by atoms with Crippen LogP contribution in [0.25, 0.3) is 0 Å². The summed E-state index contributed by atoms with van der Waals surface area (Å²) in [6, 6.07) is 5.43.